The van der Waals surface area contributed by atoms with Gasteiger partial charge in [-0.05, 0) is 30.5 Å². The van der Waals surface area contributed by atoms with Gasteiger partial charge >= 0.3 is 0 Å². The van der Waals surface area contributed by atoms with Crippen LogP contribution in [0, 0.1) is 0 Å². The van der Waals surface area contributed by atoms with Crippen LogP contribution < -0.4 is 10.5 Å². The van der Waals surface area contributed by atoms with Gasteiger partial charge in [0.05, 0.1) is 7.11 Å². The van der Waals surface area contributed by atoms with Crippen molar-refractivity contribution < 1.29 is 13.2 Å². The van der Waals surface area contributed by atoms with E-state index in [-0.39, 0.29) is 4.90 Å². The van der Waals surface area contributed by atoms with E-state index in [9.17, 15) is 8.42 Å². The molecular weight excluding hydrogens is 276 g/mol. The number of nitrogens with zero attached hydrogens (tertiary/aromatic N) is 1. The molecule has 0 atom stereocenters. The lowest BCUT2D eigenvalue weighted by atomic mass is 10.2. The number of hydrogen-bond donors (Lipinski definition) is 1. The van der Waals surface area contributed by atoms with E-state index in [0.29, 0.717) is 25.4 Å². The molecule has 0 aromatic heterocycles. The maximum absolute atomic E-state index is 12.8. The third-order valence-electron chi connectivity index (χ3n) is 3.65. The predicted octanol–water partition coefficient (Wildman–Crippen LogP) is 1.72. The van der Waals surface area contributed by atoms with E-state index in [0.717, 1.165) is 31.2 Å². The minimum atomic E-state index is -3.51. The Labute approximate surface area is 120 Å². The Morgan fingerprint density at radius 2 is 1.85 bits per heavy atom. The van der Waals surface area contributed by atoms with Crippen molar-refractivity contribution in [2.24, 2.45) is 5.73 Å². The van der Waals surface area contributed by atoms with Crippen molar-refractivity contribution in [3.8, 4) is 5.75 Å². The average molecular weight is 298 g/mol. The largest absolute Gasteiger partial charge is 0.495 e. The minimum absolute atomic E-state index is 0.227. The van der Waals surface area contributed by atoms with Crippen molar-refractivity contribution in [1.29, 1.82) is 0 Å². The van der Waals surface area contributed by atoms with Gasteiger partial charge in [0, 0.05) is 19.6 Å². The van der Waals surface area contributed by atoms with Gasteiger partial charge in [-0.25, -0.2) is 8.42 Å². The maximum Gasteiger partial charge on any atom is 0.246 e. The molecule has 1 aromatic rings. The van der Waals surface area contributed by atoms with E-state index >= 15 is 0 Å². The van der Waals surface area contributed by atoms with Gasteiger partial charge < -0.3 is 10.5 Å². The molecule has 0 bridgehead atoms. The SMILES string of the molecule is COc1ccc(CN)cc1S(=O)(=O)N1CCCCCC1. The Bertz CT molecular complexity index is 550. The first kappa shape index (κ1) is 15.3. The zero-order valence-corrected chi connectivity index (χ0v) is 12.7. The van der Waals surface area contributed by atoms with Crippen molar-refractivity contribution >= 4 is 10.0 Å². The van der Waals surface area contributed by atoms with Crippen LogP contribution in [0.1, 0.15) is 31.2 Å². The Kier molecular flexibility index (Phi) is 5.01. The number of hydrogen-bond acceptors (Lipinski definition) is 4. The summed E-state index contributed by atoms with van der Waals surface area (Å²) >= 11 is 0. The lowest BCUT2D eigenvalue weighted by Gasteiger charge is -2.21. The molecule has 1 aliphatic heterocycles. The van der Waals surface area contributed by atoms with Crippen LogP contribution in [0.4, 0.5) is 0 Å². The van der Waals surface area contributed by atoms with E-state index in [1.165, 1.54) is 7.11 Å². The molecule has 112 valence electrons. The highest BCUT2D eigenvalue weighted by Gasteiger charge is 2.28. The third-order valence-corrected chi connectivity index (χ3v) is 5.57. The van der Waals surface area contributed by atoms with E-state index < -0.39 is 10.0 Å². The fraction of sp³-hybridized carbons (Fsp3) is 0.571. The second-order valence-electron chi connectivity index (χ2n) is 5.01. The molecule has 1 aliphatic rings. The second kappa shape index (κ2) is 6.56. The summed E-state index contributed by atoms with van der Waals surface area (Å²) < 4.78 is 32.4. The standard InChI is InChI=1S/C14H22N2O3S/c1-19-13-7-6-12(11-15)10-14(13)20(17,18)16-8-4-2-3-5-9-16/h6-7,10H,2-5,8-9,11,15H2,1H3. The van der Waals surface area contributed by atoms with Crippen molar-refractivity contribution in [3.05, 3.63) is 23.8 Å². The van der Waals surface area contributed by atoms with Crippen molar-refractivity contribution in [2.75, 3.05) is 20.2 Å². The number of benzene rings is 1. The Balaban J connectivity index is 2.41. The molecule has 1 saturated heterocycles. The van der Waals surface area contributed by atoms with E-state index in [1.807, 2.05) is 0 Å². The molecular formula is C14H22N2O3S. The number of sulfonamides is 1. The summed E-state index contributed by atoms with van der Waals surface area (Å²) in [7, 11) is -2.02. The highest BCUT2D eigenvalue weighted by Crippen LogP contribution is 2.29. The Morgan fingerprint density at radius 3 is 2.40 bits per heavy atom. The lowest BCUT2D eigenvalue weighted by molar-refractivity contribution is 0.391. The fourth-order valence-electron chi connectivity index (χ4n) is 2.47. The number of ether oxygens (including phenoxy) is 1. The highest BCUT2D eigenvalue weighted by atomic mass is 32.2. The van der Waals surface area contributed by atoms with Gasteiger partial charge in [0.25, 0.3) is 0 Å². The van der Waals surface area contributed by atoms with Crippen molar-refractivity contribution in [1.82, 2.24) is 4.31 Å². The summed E-state index contributed by atoms with van der Waals surface area (Å²) in [5.74, 6) is 0.381. The molecule has 0 unspecified atom stereocenters. The smallest absolute Gasteiger partial charge is 0.246 e. The van der Waals surface area contributed by atoms with Crippen LogP contribution in [0.2, 0.25) is 0 Å². The van der Waals surface area contributed by atoms with E-state index in [4.69, 9.17) is 10.5 Å². The molecule has 5 nitrogen and oxygen atoms in total. The number of nitrogens with two attached hydrogens (primary N) is 1. The normalized spacial score (nSPS) is 17.7. The molecule has 6 heteroatoms. The Morgan fingerprint density at radius 1 is 1.20 bits per heavy atom. The van der Waals surface area contributed by atoms with Crippen LogP contribution in [-0.2, 0) is 16.6 Å². The quantitative estimate of drug-likeness (QED) is 0.918. The molecule has 1 fully saturated rings. The number of methoxy groups -OCH3 is 1. The second-order valence-corrected chi connectivity index (χ2v) is 6.91. The summed E-state index contributed by atoms with van der Waals surface area (Å²) in [6.45, 7) is 1.48. The molecule has 20 heavy (non-hydrogen) atoms. The first-order valence-corrected chi connectivity index (χ1v) is 8.40. The van der Waals surface area contributed by atoms with Gasteiger partial charge in [0.1, 0.15) is 10.6 Å². The van der Waals surface area contributed by atoms with Gasteiger partial charge in [-0.3, -0.25) is 0 Å². The minimum Gasteiger partial charge on any atom is -0.495 e. The average Bonchev–Trinajstić information content (AvgIpc) is 2.76. The summed E-state index contributed by atoms with van der Waals surface area (Å²) in [5.41, 5.74) is 6.40. The van der Waals surface area contributed by atoms with Crippen LogP contribution >= 0.6 is 0 Å². The topological polar surface area (TPSA) is 72.6 Å². The molecule has 2 rings (SSSR count). The van der Waals surface area contributed by atoms with Crippen LogP contribution in [0.3, 0.4) is 0 Å². The van der Waals surface area contributed by atoms with Crippen molar-refractivity contribution in [2.45, 2.75) is 37.1 Å². The van der Waals surface area contributed by atoms with Gasteiger partial charge in [-0.2, -0.15) is 4.31 Å². The van der Waals surface area contributed by atoms with Gasteiger partial charge in [-0.15, -0.1) is 0 Å². The lowest BCUT2D eigenvalue weighted by Crippen LogP contribution is -2.32. The molecule has 0 radical (unpaired) electrons. The van der Waals surface area contributed by atoms with Crippen LogP contribution in [-0.4, -0.2) is 32.9 Å². The maximum atomic E-state index is 12.8. The van der Waals surface area contributed by atoms with Crippen LogP contribution in [0.25, 0.3) is 0 Å². The summed E-state index contributed by atoms with van der Waals surface area (Å²) in [5, 5.41) is 0. The molecule has 1 aromatic carbocycles. The first-order valence-electron chi connectivity index (χ1n) is 6.96. The molecule has 0 spiro atoms. The molecule has 0 amide bonds. The Hall–Kier alpha value is -1.11. The van der Waals surface area contributed by atoms with Gasteiger partial charge in [0.2, 0.25) is 10.0 Å². The van der Waals surface area contributed by atoms with Gasteiger partial charge in [-0.1, -0.05) is 18.9 Å². The molecule has 0 saturated carbocycles. The van der Waals surface area contributed by atoms with Crippen LogP contribution in [0.15, 0.2) is 23.1 Å². The predicted molar refractivity (Wildman–Crippen MR) is 78.1 cm³/mol. The molecule has 1 heterocycles. The zero-order valence-electron chi connectivity index (χ0n) is 11.8. The first-order chi connectivity index (χ1) is 9.59. The summed E-state index contributed by atoms with van der Waals surface area (Å²) in [4.78, 5) is 0.227. The molecule has 0 aliphatic carbocycles. The summed E-state index contributed by atoms with van der Waals surface area (Å²) in [6.07, 6.45) is 4.01. The monoisotopic (exact) mass is 298 g/mol. The highest BCUT2D eigenvalue weighted by molar-refractivity contribution is 7.89. The fourth-order valence-corrected chi connectivity index (χ4v) is 4.19. The van der Waals surface area contributed by atoms with Gasteiger partial charge in [0.15, 0.2) is 0 Å². The van der Waals surface area contributed by atoms with Crippen molar-refractivity contribution in [3.63, 3.8) is 0 Å². The van der Waals surface area contributed by atoms with Crippen LogP contribution in [0.5, 0.6) is 5.75 Å². The summed E-state index contributed by atoms with van der Waals surface area (Å²) in [6, 6.07) is 5.09. The zero-order chi connectivity index (χ0) is 14.6. The number of rotatable bonds is 4. The van der Waals surface area contributed by atoms with E-state index in [2.05, 4.69) is 0 Å². The third kappa shape index (κ3) is 3.13. The van der Waals surface area contributed by atoms with E-state index in [1.54, 1.807) is 22.5 Å². The molecule has 2 N–H and O–H groups in total.